The smallest absolute Gasteiger partial charge is 0.416 e. The molecule has 8 heteroatoms. The van der Waals surface area contributed by atoms with E-state index in [0.717, 1.165) is 44.6 Å². The van der Waals surface area contributed by atoms with E-state index < -0.39 is 11.7 Å². The van der Waals surface area contributed by atoms with E-state index in [1.165, 1.54) is 18.3 Å². The molecule has 0 bridgehead atoms. The number of ether oxygens (including phenoxy) is 1. The van der Waals surface area contributed by atoms with Crippen LogP contribution < -0.4 is 10.1 Å². The molecule has 29 heavy (non-hydrogen) atoms. The van der Waals surface area contributed by atoms with E-state index in [0.29, 0.717) is 5.56 Å². The van der Waals surface area contributed by atoms with Crippen molar-refractivity contribution in [1.82, 2.24) is 15.2 Å². The second-order valence-electron chi connectivity index (χ2n) is 7.02. The third-order valence-corrected chi connectivity index (χ3v) is 5.08. The van der Waals surface area contributed by atoms with Gasteiger partial charge in [-0.3, -0.25) is 4.79 Å². The highest BCUT2D eigenvalue weighted by atomic mass is 19.4. The number of nitrogens with zero attached hydrogens (tertiary/aromatic N) is 2. The quantitative estimate of drug-likeness (QED) is 0.778. The number of nitrogens with one attached hydrogen (secondary N) is 1. The monoisotopic (exact) mass is 407 g/mol. The minimum atomic E-state index is -4.45. The fraction of sp³-hybridized carbons (Fsp3) is 0.429. The molecule has 2 aromatic rings. The zero-order chi connectivity index (χ0) is 20.9. The Morgan fingerprint density at radius 2 is 2.00 bits per heavy atom. The number of halogens is 3. The summed E-state index contributed by atoms with van der Waals surface area (Å²) in [5.74, 6) is 0.169. The highest BCUT2D eigenvalue weighted by Crippen LogP contribution is 2.33. The maximum atomic E-state index is 12.9. The van der Waals surface area contributed by atoms with Gasteiger partial charge in [0, 0.05) is 24.2 Å². The van der Waals surface area contributed by atoms with Crippen LogP contribution >= 0.6 is 0 Å². The predicted octanol–water partition coefficient (Wildman–Crippen LogP) is 4.24. The number of carbonyl (C=O) groups is 1. The van der Waals surface area contributed by atoms with Crippen LogP contribution in [0.25, 0.3) is 0 Å². The number of likely N-dealkylation sites (tertiary alicyclic amines) is 1. The van der Waals surface area contributed by atoms with Crippen molar-refractivity contribution in [2.75, 3.05) is 19.6 Å². The Balaban J connectivity index is 1.63. The lowest BCUT2D eigenvalue weighted by molar-refractivity contribution is -0.137. The number of benzene rings is 1. The van der Waals surface area contributed by atoms with Crippen molar-refractivity contribution in [3.63, 3.8) is 0 Å². The molecule has 156 valence electrons. The first-order valence-electron chi connectivity index (χ1n) is 9.66. The van der Waals surface area contributed by atoms with E-state index in [4.69, 9.17) is 4.74 Å². The van der Waals surface area contributed by atoms with Crippen molar-refractivity contribution in [1.29, 1.82) is 0 Å². The molecule has 0 atom stereocenters. The van der Waals surface area contributed by atoms with Gasteiger partial charge in [-0.1, -0.05) is 19.1 Å². The van der Waals surface area contributed by atoms with Gasteiger partial charge in [0.2, 0.25) is 11.8 Å². The summed E-state index contributed by atoms with van der Waals surface area (Å²) in [6.45, 7) is 5.11. The summed E-state index contributed by atoms with van der Waals surface area (Å²) in [6.07, 6.45) is -1.32. The number of amides is 1. The summed E-state index contributed by atoms with van der Waals surface area (Å²) >= 11 is 0. The van der Waals surface area contributed by atoms with Gasteiger partial charge in [0.15, 0.2) is 0 Å². The first-order chi connectivity index (χ1) is 13.9. The summed E-state index contributed by atoms with van der Waals surface area (Å²) in [4.78, 5) is 18.9. The maximum absolute atomic E-state index is 12.9. The average Bonchev–Trinajstić information content (AvgIpc) is 2.72. The first kappa shape index (κ1) is 21.1. The van der Waals surface area contributed by atoms with E-state index in [-0.39, 0.29) is 30.0 Å². The van der Waals surface area contributed by atoms with Gasteiger partial charge in [0.1, 0.15) is 5.75 Å². The number of alkyl halides is 3. The summed E-state index contributed by atoms with van der Waals surface area (Å²) in [5.41, 5.74) is -0.191. The van der Waals surface area contributed by atoms with E-state index in [1.807, 2.05) is 0 Å². The van der Waals surface area contributed by atoms with Gasteiger partial charge in [0.05, 0.1) is 5.56 Å². The molecule has 5 nitrogen and oxygen atoms in total. The highest BCUT2D eigenvalue weighted by molar-refractivity contribution is 5.78. The molecule has 1 fully saturated rings. The molecule has 1 aliphatic heterocycles. The summed E-state index contributed by atoms with van der Waals surface area (Å²) in [6, 6.07) is 8.06. The van der Waals surface area contributed by atoms with Gasteiger partial charge in [-0.2, -0.15) is 13.2 Å². The molecule has 2 heterocycles. The molecule has 1 N–H and O–H groups in total. The molecule has 3 rings (SSSR count). The molecule has 1 aromatic heterocycles. The van der Waals surface area contributed by atoms with Gasteiger partial charge < -0.3 is 15.0 Å². The number of pyridine rings is 1. The molecule has 0 spiro atoms. The topological polar surface area (TPSA) is 54.5 Å². The van der Waals surface area contributed by atoms with Crippen LogP contribution in [0.15, 0.2) is 42.6 Å². The third-order valence-electron chi connectivity index (χ3n) is 5.08. The lowest BCUT2D eigenvalue weighted by atomic mass is 9.96. The minimum Gasteiger partial charge on any atom is -0.439 e. The summed E-state index contributed by atoms with van der Waals surface area (Å²) < 4.78 is 44.3. The van der Waals surface area contributed by atoms with Crippen LogP contribution in [0.3, 0.4) is 0 Å². The van der Waals surface area contributed by atoms with Crippen LogP contribution in [0.2, 0.25) is 0 Å². The van der Waals surface area contributed by atoms with Gasteiger partial charge in [-0.05, 0) is 56.7 Å². The lowest BCUT2D eigenvalue weighted by Crippen LogP contribution is -2.40. The number of hydrogen-bond donors (Lipinski definition) is 1. The Bertz CT molecular complexity index is 834. The van der Waals surface area contributed by atoms with Crippen LogP contribution in [0.4, 0.5) is 13.2 Å². The van der Waals surface area contributed by atoms with Crippen molar-refractivity contribution in [3.05, 3.63) is 53.7 Å². The first-order valence-corrected chi connectivity index (χ1v) is 9.66. The number of piperidine rings is 1. The Morgan fingerprint density at radius 1 is 1.24 bits per heavy atom. The zero-order valence-corrected chi connectivity index (χ0v) is 16.2. The SMILES string of the molecule is CCN1CCC(C(=O)NCc2cccnc2Oc2cccc(C(F)(F)F)c2)CC1. The summed E-state index contributed by atoms with van der Waals surface area (Å²) in [5, 5.41) is 2.91. The van der Waals surface area contributed by atoms with E-state index in [2.05, 4.69) is 22.1 Å². The van der Waals surface area contributed by atoms with Gasteiger partial charge in [0.25, 0.3) is 0 Å². The second kappa shape index (κ2) is 9.26. The van der Waals surface area contributed by atoms with Crippen LogP contribution in [-0.4, -0.2) is 35.4 Å². The Kier molecular flexibility index (Phi) is 6.74. The normalized spacial score (nSPS) is 15.9. The van der Waals surface area contributed by atoms with Crippen molar-refractivity contribution in [2.45, 2.75) is 32.5 Å². The molecular formula is C21H24F3N3O2. The van der Waals surface area contributed by atoms with Crippen LogP contribution in [0.1, 0.15) is 30.9 Å². The molecule has 1 amide bonds. The Hall–Kier alpha value is -2.61. The molecule has 0 saturated carbocycles. The van der Waals surface area contributed by atoms with Gasteiger partial charge >= 0.3 is 6.18 Å². The van der Waals surface area contributed by atoms with Crippen LogP contribution in [-0.2, 0) is 17.5 Å². The van der Waals surface area contributed by atoms with Gasteiger partial charge in [-0.25, -0.2) is 4.98 Å². The largest absolute Gasteiger partial charge is 0.439 e. The number of carbonyl (C=O) groups excluding carboxylic acids is 1. The molecule has 1 aromatic carbocycles. The van der Waals surface area contributed by atoms with Crippen molar-refractivity contribution < 1.29 is 22.7 Å². The Labute approximate surface area is 167 Å². The summed E-state index contributed by atoms with van der Waals surface area (Å²) in [7, 11) is 0. The van der Waals surface area contributed by atoms with Crippen molar-refractivity contribution in [2.24, 2.45) is 5.92 Å². The molecule has 1 aliphatic rings. The van der Waals surface area contributed by atoms with E-state index >= 15 is 0 Å². The Morgan fingerprint density at radius 3 is 2.69 bits per heavy atom. The second-order valence-corrected chi connectivity index (χ2v) is 7.02. The van der Waals surface area contributed by atoms with Crippen molar-refractivity contribution in [3.8, 4) is 11.6 Å². The average molecular weight is 407 g/mol. The highest BCUT2D eigenvalue weighted by Gasteiger charge is 2.30. The van der Waals surface area contributed by atoms with Crippen molar-refractivity contribution >= 4 is 5.91 Å². The van der Waals surface area contributed by atoms with Crippen LogP contribution in [0, 0.1) is 5.92 Å². The molecule has 0 radical (unpaired) electrons. The van der Waals surface area contributed by atoms with E-state index in [9.17, 15) is 18.0 Å². The fourth-order valence-electron chi connectivity index (χ4n) is 3.34. The molecule has 0 unspecified atom stereocenters. The zero-order valence-electron chi connectivity index (χ0n) is 16.2. The minimum absolute atomic E-state index is 0.0189. The molecule has 1 saturated heterocycles. The lowest BCUT2D eigenvalue weighted by Gasteiger charge is -2.30. The number of rotatable bonds is 6. The number of hydrogen-bond acceptors (Lipinski definition) is 4. The van der Waals surface area contributed by atoms with E-state index in [1.54, 1.807) is 12.1 Å². The van der Waals surface area contributed by atoms with Crippen LogP contribution in [0.5, 0.6) is 11.6 Å². The molecule has 0 aliphatic carbocycles. The standard InChI is InChI=1S/C21H24F3N3O2/c1-2-27-11-8-15(9-12-27)19(28)26-14-16-5-4-10-25-20(16)29-18-7-3-6-17(13-18)21(22,23)24/h3-7,10,13,15H,2,8-9,11-12,14H2,1H3,(H,26,28). The molecular weight excluding hydrogens is 383 g/mol. The number of aromatic nitrogens is 1. The third kappa shape index (κ3) is 5.69. The maximum Gasteiger partial charge on any atom is 0.416 e. The van der Waals surface area contributed by atoms with Gasteiger partial charge in [-0.15, -0.1) is 0 Å². The predicted molar refractivity (Wildman–Crippen MR) is 102 cm³/mol. The fourth-order valence-corrected chi connectivity index (χ4v) is 3.34.